The molecule has 104 valence electrons. The van der Waals surface area contributed by atoms with Crippen LogP contribution < -0.4 is 10.1 Å². The van der Waals surface area contributed by atoms with Gasteiger partial charge in [0, 0.05) is 26.3 Å². The number of hydrogen-bond donors (Lipinski definition) is 2. The lowest BCUT2D eigenvalue weighted by molar-refractivity contribution is -0.139. The maximum atomic E-state index is 12.0. The molecule has 7 nitrogen and oxygen atoms in total. The van der Waals surface area contributed by atoms with Gasteiger partial charge in [0.1, 0.15) is 11.8 Å². The Morgan fingerprint density at radius 3 is 2.79 bits per heavy atom. The molecule has 2 N–H and O–H groups in total. The normalized spacial score (nSPS) is 11.7. The number of amides is 1. The van der Waals surface area contributed by atoms with Gasteiger partial charge in [-0.05, 0) is 6.07 Å². The molecule has 0 spiro atoms. The largest absolute Gasteiger partial charge is 0.494 e. The highest BCUT2D eigenvalue weighted by molar-refractivity contribution is 5.98. The zero-order valence-electron chi connectivity index (χ0n) is 10.8. The van der Waals surface area contributed by atoms with Crippen LogP contribution in [0.4, 0.5) is 0 Å². The SMILES string of the molecule is COCCC(NC(=O)c1ccncc1OC)C(=O)O. The van der Waals surface area contributed by atoms with E-state index >= 15 is 0 Å². The third-order valence-corrected chi connectivity index (χ3v) is 2.46. The molecule has 0 aromatic carbocycles. The molecule has 19 heavy (non-hydrogen) atoms. The summed E-state index contributed by atoms with van der Waals surface area (Å²) in [5.41, 5.74) is 0.237. The number of pyridine rings is 1. The molecule has 0 fully saturated rings. The fraction of sp³-hybridized carbons (Fsp3) is 0.417. The minimum Gasteiger partial charge on any atom is -0.494 e. The molecule has 1 aromatic heterocycles. The molecule has 0 saturated carbocycles. The predicted octanol–water partition coefficient (Wildman–Crippen LogP) is 0.310. The molecule has 0 aliphatic heterocycles. The van der Waals surface area contributed by atoms with Crippen LogP contribution in [0.5, 0.6) is 5.75 Å². The fourth-order valence-electron chi connectivity index (χ4n) is 1.46. The van der Waals surface area contributed by atoms with Gasteiger partial charge in [0.15, 0.2) is 0 Å². The third-order valence-electron chi connectivity index (χ3n) is 2.46. The van der Waals surface area contributed by atoms with Gasteiger partial charge in [-0.1, -0.05) is 0 Å². The van der Waals surface area contributed by atoms with Crippen LogP contribution in [-0.4, -0.2) is 48.8 Å². The first-order valence-corrected chi connectivity index (χ1v) is 5.60. The lowest BCUT2D eigenvalue weighted by Gasteiger charge is -2.15. The van der Waals surface area contributed by atoms with Gasteiger partial charge < -0.3 is 19.9 Å². The average Bonchev–Trinajstić information content (AvgIpc) is 2.42. The maximum absolute atomic E-state index is 12.0. The van der Waals surface area contributed by atoms with Gasteiger partial charge in [-0.3, -0.25) is 9.78 Å². The molecule has 1 atom stereocenters. The van der Waals surface area contributed by atoms with Crippen LogP contribution in [0.25, 0.3) is 0 Å². The van der Waals surface area contributed by atoms with Gasteiger partial charge in [-0.15, -0.1) is 0 Å². The molecule has 0 radical (unpaired) electrons. The van der Waals surface area contributed by atoms with Crippen molar-refractivity contribution in [3.05, 3.63) is 24.0 Å². The summed E-state index contributed by atoms with van der Waals surface area (Å²) in [7, 11) is 2.88. The average molecular weight is 268 g/mol. The Morgan fingerprint density at radius 1 is 1.47 bits per heavy atom. The minimum atomic E-state index is -1.11. The van der Waals surface area contributed by atoms with Gasteiger partial charge >= 0.3 is 5.97 Å². The number of nitrogens with one attached hydrogen (secondary N) is 1. The smallest absolute Gasteiger partial charge is 0.326 e. The van der Waals surface area contributed by atoms with E-state index in [-0.39, 0.29) is 24.3 Å². The molecule has 0 aliphatic rings. The van der Waals surface area contributed by atoms with Crippen LogP contribution in [0.15, 0.2) is 18.5 Å². The van der Waals surface area contributed by atoms with Crippen molar-refractivity contribution in [1.29, 1.82) is 0 Å². The second-order valence-electron chi connectivity index (χ2n) is 3.72. The molecule has 7 heteroatoms. The topological polar surface area (TPSA) is 97.8 Å². The molecule has 0 bridgehead atoms. The van der Waals surface area contributed by atoms with E-state index in [2.05, 4.69) is 10.3 Å². The number of carboxylic acids is 1. The number of hydrogen-bond acceptors (Lipinski definition) is 5. The van der Waals surface area contributed by atoms with E-state index in [1.165, 1.54) is 32.7 Å². The Hall–Kier alpha value is -2.15. The van der Waals surface area contributed by atoms with Crippen molar-refractivity contribution in [1.82, 2.24) is 10.3 Å². The van der Waals surface area contributed by atoms with Crippen LogP contribution in [0, 0.1) is 0 Å². The van der Waals surface area contributed by atoms with Crippen molar-refractivity contribution in [2.45, 2.75) is 12.5 Å². The first kappa shape index (κ1) is 14.9. The van der Waals surface area contributed by atoms with Gasteiger partial charge in [0.2, 0.25) is 0 Å². The summed E-state index contributed by atoms with van der Waals surface area (Å²) in [5, 5.41) is 11.4. The van der Waals surface area contributed by atoms with Crippen molar-refractivity contribution >= 4 is 11.9 Å². The number of carbonyl (C=O) groups excluding carboxylic acids is 1. The van der Waals surface area contributed by atoms with Crippen molar-refractivity contribution in [2.75, 3.05) is 20.8 Å². The third kappa shape index (κ3) is 4.22. The van der Waals surface area contributed by atoms with E-state index in [4.69, 9.17) is 14.6 Å². The zero-order chi connectivity index (χ0) is 14.3. The van der Waals surface area contributed by atoms with Crippen LogP contribution >= 0.6 is 0 Å². The highest BCUT2D eigenvalue weighted by Crippen LogP contribution is 2.15. The van der Waals surface area contributed by atoms with Crippen LogP contribution in [0.2, 0.25) is 0 Å². The first-order chi connectivity index (χ1) is 9.10. The minimum absolute atomic E-state index is 0.185. The van der Waals surface area contributed by atoms with Crippen molar-refractivity contribution in [3.63, 3.8) is 0 Å². The number of nitrogens with zero attached hydrogens (tertiary/aromatic N) is 1. The second kappa shape index (κ2) is 7.32. The van der Waals surface area contributed by atoms with Crippen LogP contribution in [0.1, 0.15) is 16.8 Å². The number of methoxy groups -OCH3 is 2. The highest BCUT2D eigenvalue weighted by atomic mass is 16.5. The second-order valence-corrected chi connectivity index (χ2v) is 3.72. The van der Waals surface area contributed by atoms with Gasteiger partial charge in [-0.2, -0.15) is 0 Å². The number of carboxylic acid groups (broad SMARTS) is 1. The molecule has 1 rings (SSSR count). The van der Waals surface area contributed by atoms with Crippen molar-refractivity contribution < 1.29 is 24.2 Å². The standard InChI is InChI=1S/C12H16N2O5/c1-18-6-4-9(12(16)17)14-11(15)8-3-5-13-7-10(8)19-2/h3,5,7,9H,4,6H2,1-2H3,(H,14,15)(H,16,17). The van der Waals surface area contributed by atoms with Gasteiger partial charge in [0.05, 0.1) is 18.9 Å². The van der Waals surface area contributed by atoms with Crippen molar-refractivity contribution in [2.24, 2.45) is 0 Å². The Morgan fingerprint density at radius 2 is 2.21 bits per heavy atom. The van der Waals surface area contributed by atoms with E-state index in [0.29, 0.717) is 0 Å². The van der Waals surface area contributed by atoms with Crippen LogP contribution in [0.3, 0.4) is 0 Å². The summed E-state index contributed by atoms with van der Waals surface area (Å²) in [6.07, 6.45) is 3.01. The van der Waals surface area contributed by atoms with E-state index in [0.717, 1.165) is 0 Å². The van der Waals surface area contributed by atoms with Gasteiger partial charge in [0.25, 0.3) is 5.91 Å². The fourth-order valence-corrected chi connectivity index (χ4v) is 1.46. The maximum Gasteiger partial charge on any atom is 0.326 e. The molecular weight excluding hydrogens is 252 g/mol. The Kier molecular flexibility index (Phi) is 5.74. The number of ether oxygens (including phenoxy) is 2. The number of aliphatic carboxylic acids is 1. The van der Waals surface area contributed by atoms with E-state index in [1.807, 2.05) is 0 Å². The summed E-state index contributed by atoms with van der Waals surface area (Å²) in [6.45, 7) is 0.241. The summed E-state index contributed by atoms with van der Waals surface area (Å²) in [6, 6.07) is 0.453. The Labute approximate surface area is 110 Å². The highest BCUT2D eigenvalue weighted by Gasteiger charge is 2.22. The Balaban J connectivity index is 2.78. The summed E-state index contributed by atoms with van der Waals surface area (Å²) < 4.78 is 9.80. The zero-order valence-corrected chi connectivity index (χ0v) is 10.8. The van der Waals surface area contributed by atoms with Crippen molar-refractivity contribution in [3.8, 4) is 5.75 Å². The first-order valence-electron chi connectivity index (χ1n) is 5.60. The quantitative estimate of drug-likeness (QED) is 0.738. The van der Waals surface area contributed by atoms with E-state index in [1.54, 1.807) is 0 Å². The molecule has 0 aliphatic carbocycles. The monoisotopic (exact) mass is 268 g/mol. The number of carbonyl (C=O) groups is 2. The lowest BCUT2D eigenvalue weighted by Crippen LogP contribution is -2.41. The summed E-state index contributed by atoms with van der Waals surface area (Å²) in [4.78, 5) is 26.8. The molecule has 1 unspecified atom stereocenters. The lowest BCUT2D eigenvalue weighted by atomic mass is 10.1. The summed E-state index contributed by atoms with van der Waals surface area (Å²) >= 11 is 0. The molecule has 0 saturated heterocycles. The predicted molar refractivity (Wildman–Crippen MR) is 66.2 cm³/mol. The molecular formula is C12H16N2O5. The number of rotatable bonds is 7. The van der Waals surface area contributed by atoms with Gasteiger partial charge in [-0.25, -0.2) is 4.79 Å². The number of aromatic nitrogens is 1. The molecule has 1 amide bonds. The molecule has 1 heterocycles. The van der Waals surface area contributed by atoms with E-state index in [9.17, 15) is 9.59 Å². The summed E-state index contributed by atoms with van der Waals surface area (Å²) in [5.74, 6) is -1.35. The molecule has 1 aromatic rings. The van der Waals surface area contributed by atoms with Crippen LogP contribution in [-0.2, 0) is 9.53 Å². The Bertz CT molecular complexity index is 450. The van der Waals surface area contributed by atoms with E-state index < -0.39 is 17.9 Å².